The molecule has 2 atom stereocenters. The van der Waals surface area contributed by atoms with Crippen LogP contribution in [0.4, 0.5) is 4.79 Å². The molecule has 3 rings (SSSR count). The summed E-state index contributed by atoms with van der Waals surface area (Å²) in [4.78, 5) is 14.2. The topological polar surface area (TPSA) is 82.0 Å². The summed E-state index contributed by atoms with van der Waals surface area (Å²) in [7, 11) is 0. The Balaban J connectivity index is 1.50. The van der Waals surface area contributed by atoms with Gasteiger partial charge in [0.2, 0.25) is 0 Å². The van der Waals surface area contributed by atoms with E-state index in [1.165, 1.54) is 5.56 Å². The lowest BCUT2D eigenvalue weighted by Crippen LogP contribution is -2.63. The van der Waals surface area contributed by atoms with Crippen LogP contribution in [0, 0.1) is 12.3 Å². The van der Waals surface area contributed by atoms with E-state index in [4.69, 9.17) is 9.84 Å². The molecule has 0 unspecified atom stereocenters. The van der Waals surface area contributed by atoms with Gasteiger partial charge in [0.1, 0.15) is 0 Å². The number of nitrogens with zero attached hydrogens (tertiary/aromatic N) is 1. The van der Waals surface area contributed by atoms with Crippen molar-refractivity contribution in [3.8, 4) is 0 Å². The second-order valence-corrected chi connectivity index (χ2v) is 7.14. The number of urea groups is 1. The smallest absolute Gasteiger partial charge is 0.317 e. The average Bonchev–Trinajstić information content (AvgIpc) is 2.64. The van der Waals surface area contributed by atoms with Crippen molar-refractivity contribution in [2.45, 2.75) is 44.9 Å². The number of hydrogen-bond donors (Lipinski definition) is 3. The Labute approximate surface area is 148 Å². The summed E-state index contributed by atoms with van der Waals surface area (Å²) in [6, 6.07) is 7.97. The summed E-state index contributed by atoms with van der Waals surface area (Å²) in [6.45, 7) is 4.11. The van der Waals surface area contributed by atoms with Crippen molar-refractivity contribution in [2.75, 3.05) is 26.3 Å². The first-order chi connectivity index (χ1) is 12.1. The predicted octanol–water partition coefficient (Wildman–Crippen LogP) is 1.43. The summed E-state index contributed by atoms with van der Waals surface area (Å²) in [5, 5.41) is 22.2. The molecule has 138 valence electrons. The lowest BCUT2D eigenvalue weighted by atomic mass is 9.58. The minimum Gasteiger partial charge on any atom is -0.394 e. The number of piperidine rings is 1. The molecule has 1 aromatic rings. The molecule has 1 heterocycles. The molecule has 2 aliphatic rings. The number of aryl methyl sites for hydroxylation is 1. The molecule has 1 aromatic carbocycles. The van der Waals surface area contributed by atoms with Crippen molar-refractivity contribution in [3.05, 3.63) is 35.4 Å². The Morgan fingerprint density at radius 2 is 2.08 bits per heavy atom. The second kappa shape index (κ2) is 7.72. The van der Waals surface area contributed by atoms with Gasteiger partial charge in [0.05, 0.1) is 25.4 Å². The van der Waals surface area contributed by atoms with E-state index < -0.39 is 0 Å². The van der Waals surface area contributed by atoms with Crippen molar-refractivity contribution in [2.24, 2.45) is 5.41 Å². The highest BCUT2D eigenvalue weighted by molar-refractivity contribution is 5.74. The van der Waals surface area contributed by atoms with Crippen LogP contribution in [0.25, 0.3) is 0 Å². The van der Waals surface area contributed by atoms with Crippen molar-refractivity contribution < 1.29 is 19.7 Å². The highest BCUT2D eigenvalue weighted by atomic mass is 16.5. The van der Waals surface area contributed by atoms with Gasteiger partial charge in [-0.05, 0) is 30.9 Å². The fraction of sp³-hybridized carbons (Fsp3) is 0.632. The van der Waals surface area contributed by atoms with E-state index >= 15 is 0 Å². The molecule has 1 aliphatic carbocycles. The van der Waals surface area contributed by atoms with Crippen LogP contribution in [0.5, 0.6) is 0 Å². The zero-order valence-corrected chi connectivity index (χ0v) is 14.8. The van der Waals surface area contributed by atoms with Crippen LogP contribution >= 0.6 is 0 Å². The van der Waals surface area contributed by atoms with Crippen LogP contribution in [0.2, 0.25) is 0 Å². The standard InChI is InChI=1S/C19H28N2O4/c1-14-4-2-3-5-15(14)13-20-18(24)21-8-6-19(7-9-21)16(23)12-17(19)25-11-10-22/h2-5,16-17,22-23H,6-13H2,1H3,(H,20,24)/t16-,17+/m0/s1. The van der Waals surface area contributed by atoms with Gasteiger partial charge in [-0.1, -0.05) is 24.3 Å². The Bertz CT molecular complexity index is 599. The van der Waals surface area contributed by atoms with Crippen LogP contribution in [0.3, 0.4) is 0 Å². The molecule has 0 radical (unpaired) electrons. The summed E-state index contributed by atoms with van der Waals surface area (Å²) < 4.78 is 5.68. The molecule has 0 aromatic heterocycles. The third-order valence-electron chi connectivity index (χ3n) is 5.83. The fourth-order valence-corrected chi connectivity index (χ4v) is 4.03. The number of hydrogen-bond acceptors (Lipinski definition) is 4. The van der Waals surface area contributed by atoms with Gasteiger partial charge in [-0.2, -0.15) is 0 Å². The molecule has 2 amide bonds. The minimum absolute atomic E-state index is 0.00386. The summed E-state index contributed by atoms with van der Waals surface area (Å²) in [5.74, 6) is 0. The number of benzene rings is 1. The molecule has 6 heteroatoms. The molecule has 1 saturated heterocycles. The zero-order valence-electron chi connectivity index (χ0n) is 14.8. The summed E-state index contributed by atoms with van der Waals surface area (Å²) in [6.07, 6.45) is 1.73. The molecule has 2 fully saturated rings. The van der Waals surface area contributed by atoms with Crippen molar-refractivity contribution in [3.63, 3.8) is 0 Å². The van der Waals surface area contributed by atoms with Crippen LogP contribution in [0.1, 0.15) is 30.4 Å². The summed E-state index contributed by atoms with van der Waals surface area (Å²) in [5.41, 5.74) is 2.04. The van der Waals surface area contributed by atoms with E-state index in [1.807, 2.05) is 36.1 Å². The molecule has 1 aliphatic heterocycles. The van der Waals surface area contributed by atoms with E-state index in [2.05, 4.69) is 5.32 Å². The van der Waals surface area contributed by atoms with Crippen LogP contribution in [-0.2, 0) is 11.3 Å². The van der Waals surface area contributed by atoms with Crippen LogP contribution < -0.4 is 5.32 Å². The van der Waals surface area contributed by atoms with Gasteiger partial charge >= 0.3 is 6.03 Å². The van der Waals surface area contributed by atoms with Gasteiger partial charge in [-0.25, -0.2) is 4.79 Å². The van der Waals surface area contributed by atoms with Gasteiger partial charge < -0.3 is 25.2 Å². The van der Waals surface area contributed by atoms with Crippen molar-refractivity contribution >= 4 is 6.03 Å². The molecule has 0 bridgehead atoms. The second-order valence-electron chi connectivity index (χ2n) is 7.14. The number of carbonyl (C=O) groups is 1. The number of aliphatic hydroxyl groups excluding tert-OH is 2. The normalized spacial score (nSPS) is 24.8. The highest BCUT2D eigenvalue weighted by Crippen LogP contribution is 2.50. The first-order valence-corrected chi connectivity index (χ1v) is 9.04. The predicted molar refractivity (Wildman–Crippen MR) is 94.1 cm³/mol. The van der Waals surface area contributed by atoms with E-state index in [0.717, 1.165) is 18.4 Å². The van der Waals surface area contributed by atoms with Crippen LogP contribution in [0.15, 0.2) is 24.3 Å². The summed E-state index contributed by atoms with van der Waals surface area (Å²) >= 11 is 0. The average molecular weight is 348 g/mol. The Kier molecular flexibility index (Phi) is 5.61. The number of carbonyl (C=O) groups excluding carboxylic acids is 1. The molecule has 1 spiro atoms. The minimum atomic E-state index is -0.367. The number of ether oxygens (including phenoxy) is 1. The number of amides is 2. The van der Waals surface area contributed by atoms with Crippen molar-refractivity contribution in [1.82, 2.24) is 10.2 Å². The monoisotopic (exact) mass is 348 g/mol. The maximum absolute atomic E-state index is 12.4. The maximum Gasteiger partial charge on any atom is 0.317 e. The molecular formula is C19H28N2O4. The van der Waals surface area contributed by atoms with E-state index in [-0.39, 0.29) is 30.3 Å². The van der Waals surface area contributed by atoms with E-state index in [1.54, 1.807) is 0 Å². The Morgan fingerprint density at radius 1 is 1.36 bits per heavy atom. The molecule has 1 saturated carbocycles. The van der Waals surface area contributed by atoms with Gasteiger partial charge in [0.15, 0.2) is 0 Å². The molecular weight excluding hydrogens is 320 g/mol. The molecule has 6 nitrogen and oxygen atoms in total. The van der Waals surface area contributed by atoms with Gasteiger partial charge in [-0.15, -0.1) is 0 Å². The molecule has 25 heavy (non-hydrogen) atoms. The lowest BCUT2D eigenvalue weighted by molar-refractivity contribution is -0.211. The SMILES string of the molecule is Cc1ccccc1CNC(=O)N1CCC2(CC1)[C@@H](O)C[C@H]2OCCO. The largest absolute Gasteiger partial charge is 0.394 e. The first-order valence-electron chi connectivity index (χ1n) is 9.04. The fourth-order valence-electron chi connectivity index (χ4n) is 4.03. The maximum atomic E-state index is 12.4. The number of likely N-dealkylation sites (tertiary alicyclic amines) is 1. The van der Waals surface area contributed by atoms with Gasteiger partial charge in [0.25, 0.3) is 0 Å². The van der Waals surface area contributed by atoms with Crippen LogP contribution in [-0.4, -0.2) is 59.7 Å². The quantitative estimate of drug-likeness (QED) is 0.752. The molecule has 3 N–H and O–H groups in total. The third-order valence-corrected chi connectivity index (χ3v) is 5.83. The Morgan fingerprint density at radius 3 is 2.72 bits per heavy atom. The first kappa shape index (κ1) is 18.2. The zero-order chi connectivity index (χ0) is 17.9. The van der Waals surface area contributed by atoms with E-state index in [0.29, 0.717) is 32.7 Å². The van der Waals surface area contributed by atoms with E-state index in [9.17, 15) is 9.90 Å². The highest BCUT2D eigenvalue weighted by Gasteiger charge is 2.56. The Hall–Kier alpha value is -1.63. The lowest BCUT2D eigenvalue weighted by Gasteiger charge is -2.56. The van der Waals surface area contributed by atoms with Gasteiger partial charge in [-0.3, -0.25) is 0 Å². The number of nitrogens with one attached hydrogen (secondary N) is 1. The van der Waals surface area contributed by atoms with Crippen molar-refractivity contribution in [1.29, 1.82) is 0 Å². The number of aliphatic hydroxyl groups is 2. The number of rotatable bonds is 5. The van der Waals surface area contributed by atoms with Gasteiger partial charge in [0, 0.05) is 31.5 Å². The third kappa shape index (κ3) is 3.66.